The van der Waals surface area contributed by atoms with E-state index in [2.05, 4.69) is 17.2 Å². The molecule has 1 heterocycles. The van der Waals surface area contributed by atoms with Gasteiger partial charge in [-0.1, -0.05) is 13.3 Å². The molecule has 0 atom stereocenters. The Morgan fingerprint density at radius 3 is 2.71 bits per heavy atom. The first-order valence-corrected chi connectivity index (χ1v) is 7.21. The van der Waals surface area contributed by atoms with Gasteiger partial charge >= 0.3 is 0 Å². The van der Waals surface area contributed by atoms with Gasteiger partial charge < -0.3 is 10.4 Å². The summed E-state index contributed by atoms with van der Waals surface area (Å²) in [6, 6.07) is 0. The Hall–Kier alpha value is -0.570. The predicted molar refractivity (Wildman–Crippen MR) is 71.4 cm³/mol. The van der Waals surface area contributed by atoms with Crippen molar-refractivity contribution in [1.82, 2.24) is 5.32 Å². The van der Waals surface area contributed by atoms with Crippen LogP contribution < -0.4 is 5.32 Å². The number of nitrogens with one attached hydrogen (secondary N) is 1. The van der Waals surface area contributed by atoms with Crippen LogP contribution in [-0.2, 0) is 0 Å². The van der Waals surface area contributed by atoms with Crippen LogP contribution >= 0.6 is 0 Å². The zero-order valence-corrected chi connectivity index (χ0v) is 11.0. The number of aliphatic imine (C=N–C) groups is 1. The number of nitrogens with zero attached hydrogens (tertiary/aromatic N) is 1. The van der Waals surface area contributed by atoms with Crippen molar-refractivity contribution in [3.05, 3.63) is 0 Å². The first-order chi connectivity index (χ1) is 8.22. The van der Waals surface area contributed by atoms with Crippen LogP contribution in [0.1, 0.15) is 58.3 Å². The molecule has 2 aliphatic rings. The molecule has 2 rings (SSSR count). The molecule has 0 spiro atoms. The summed E-state index contributed by atoms with van der Waals surface area (Å²) in [4.78, 5) is 4.47. The maximum atomic E-state index is 10.5. The molecule has 0 radical (unpaired) electrons. The van der Waals surface area contributed by atoms with Crippen LogP contribution in [0.5, 0.6) is 0 Å². The summed E-state index contributed by atoms with van der Waals surface area (Å²) in [6.45, 7) is 3.91. The third-order valence-electron chi connectivity index (χ3n) is 4.36. The van der Waals surface area contributed by atoms with Gasteiger partial charge in [0, 0.05) is 19.5 Å². The van der Waals surface area contributed by atoms with Gasteiger partial charge in [-0.3, -0.25) is 4.99 Å². The van der Waals surface area contributed by atoms with Gasteiger partial charge in [0.2, 0.25) is 0 Å². The summed E-state index contributed by atoms with van der Waals surface area (Å²) in [5.74, 6) is 1.95. The van der Waals surface area contributed by atoms with Gasteiger partial charge in [-0.15, -0.1) is 0 Å². The molecule has 0 aromatic heterocycles. The molecular weight excluding hydrogens is 212 g/mol. The lowest BCUT2D eigenvalue weighted by molar-refractivity contribution is -0.00519. The molecule has 3 nitrogen and oxygen atoms in total. The molecule has 0 unspecified atom stereocenters. The van der Waals surface area contributed by atoms with Crippen LogP contribution in [-0.4, -0.2) is 29.6 Å². The van der Waals surface area contributed by atoms with Crippen molar-refractivity contribution in [3.63, 3.8) is 0 Å². The SMILES string of the molecule is CCC1CCC(O)(CNC2=NCCCC2)CC1. The topological polar surface area (TPSA) is 44.6 Å². The van der Waals surface area contributed by atoms with Gasteiger partial charge in [-0.2, -0.15) is 0 Å². The molecule has 0 aromatic rings. The molecule has 0 amide bonds. The van der Waals surface area contributed by atoms with E-state index < -0.39 is 5.60 Å². The summed E-state index contributed by atoms with van der Waals surface area (Å²) in [5.41, 5.74) is -0.481. The lowest BCUT2D eigenvalue weighted by atomic mass is 9.78. The quantitative estimate of drug-likeness (QED) is 0.793. The van der Waals surface area contributed by atoms with Crippen molar-refractivity contribution in [1.29, 1.82) is 0 Å². The van der Waals surface area contributed by atoms with Crippen LogP contribution in [0.4, 0.5) is 0 Å². The van der Waals surface area contributed by atoms with Crippen molar-refractivity contribution in [2.75, 3.05) is 13.1 Å². The molecule has 17 heavy (non-hydrogen) atoms. The van der Waals surface area contributed by atoms with Crippen molar-refractivity contribution in [2.24, 2.45) is 10.9 Å². The first-order valence-electron chi connectivity index (χ1n) is 7.21. The summed E-state index contributed by atoms with van der Waals surface area (Å²) in [7, 11) is 0. The van der Waals surface area contributed by atoms with Crippen LogP contribution in [0.15, 0.2) is 4.99 Å². The molecule has 1 aliphatic carbocycles. The largest absolute Gasteiger partial charge is 0.388 e. The van der Waals surface area contributed by atoms with E-state index >= 15 is 0 Å². The lowest BCUT2D eigenvalue weighted by Crippen LogP contribution is -2.45. The fourth-order valence-corrected chi connectivity index (χ4v) is 2.91. The van der Waals surface area contributed by atoms with Gasteiger partial charge in [0.1, 0.15) is 0 Å². The van der Waals surface area contributed by atoms with E-state index in [4.69, 9.17) is 0 Å². The molecule has 1 aliphatic heterocycles. The van der Waals surface area contributed by atoms with Gasteiger partial charge in [0.05, 0.1) is 11.4 Å². The average molecular weight is 238 g/mol. The predicted octanol–water partition coefficient (Wildman–Crippen LogP) is 2.49. The summed E-state index contributed by atoms with van der Waals surface area (Å²) in [5, 5.41) is 13.9. The zero-order chi connectivity index (χ0) is 12.1. The van der Waals surface area contributed by atoms with E-state index in [9.17, 15) is 5.11 Å². The van der Waals surface area contributed by atoms with Crippen LogP contribution in [0.3, 0.4) is 0 Å². The molecule has 0 aromatic carbocycles. The van der Waals surface area contributed by atoms with Crippen molar-refractivity contribution >= 4 is 5.84 Å². The number of hydrogen-bond acceptors (Lipinski definition) is 3. The Kier molecular flexibility index (Phi) is 4.43. The minimum Gasteiger partial charge on any atom is -0.388 e. The van der Waals surface area contributed by atoms with Crippen LogP contribution in [0.2, 0.25) is 0 Å². The second-order valence-corrected chi connectivity index (χ2v) is 5.72. The normalized spacial score (nSPS) is 34.2. The first kappa shape index (κ1) is 12.9. The standard InChI is InChI=1S/C14H26N2O/c1-2-12-6-8-14(17,9-7-12)11-16-13-5-3-4-10-15-13/h12,17H,2-11H2,1H3,(H,15,16). The minimum atomic E-state index is -0.481. The van der Waals surface area contributed by atoms with Crippen molar-refractivity contribution in [2.45, 2.75) is 63.9 Å². The third-order valence-corrected chi connectivity index (χ3v) is 4.36. The van der Waals surface area contributed by atoms with E-state index in [0.29, 0.717) is 6.54 Å². The van der Waals surface area contributed by atoms with E-state index in [1.54, 1.807) is 0 Å². The number of amidine groups is 1. The zero-order valence-electron chi connectivity index (χ0n) is 11.0. The van der Waals surface area contributed by atoms with Gasteiger partial charge in [-0.25, -0.2) is 0 Å². The molecule has 3 heteroatoms. The van der Waals surface area contributed by atoms with E-state index in [-0.39, 0.29) is 0 Å². The lowest BCUT2D eigenvalue weighted by Gasteiger charge is -2.36. The fourth-order valence-electron chi connectivity index (χ4n) is 2.91. The molecule has 0 saturated heterocycles. The molecule has 0 bridgehead atoms. The average Bonchev–Trinajstić information content (AvgIpc) is 2.39. The molecule has 98 valence electrons. The fraction of sp³-hybridized carbons (Fsp3) is 0.929. The molecule has 1 saturated carbocycles. The molecular formula is C14H26N2O. The van der Waals surface area contributed by atoms with Gasteiger partial charge in [0.15, 0.2) is 0 Å². The highest BCUT2D eigenvalue weighted by Gasteiger charge is 2.32. The van der Waals surface area contributed by atoms with Crippen molar-refractivity contribution in [3.8, 4) is 0 Å². The Morgan fingerprint density at radius 2 is 2.12 bits per heavy atom. The van der Waals surface area contributed by atoms with Gasteiger partial charge in [-0.05, 0) is 44.4 Å². The second kappa shape index (κ2) is 5.85. The smallest absolute Gasteiger partial charge is 0.0964 e. The second-order valence-electron chi connectivity index (χ2n) is 5.72. The Morgan fingerprint density at radius 1 is 1.35 bits per heavy atom. The maximum absolute atomic E-state index is 10.5. The van der Waals surface area contributed by atoms with Gasteiger partial charge in [0.25, 0.3) is 0 Å². The third kappa shape index (κ3) is 3.70. The number of aliphatic hydroxyl groups is 1. The van der Waals surface area contributed by atoms with Crippen molar-refractivity contribution < 1.29 is 5.11 Å². The van der Waals surface area contributed by atoms with E-state index in [1.165, 1.54) is 32.1 Å². The Bertz CT molecular complexity index is 267. The number of hydrogen-bond donors (Lipinski definition) is 2. The minimum absolute atomic E-state index is 0.481. The molecule has 2 N–H and O–H groups in total. The summed E-state index contributed by atoms with van der Waals surface area (Å²) in [6.07, 6.45) is 9.04. The Labute approximate surface area is 105 Å². The van der Waals surface area contributed by atoms with Crippen LogP contribution in [0, 0.1) is 5.92 Å². The van der Waals surface area contributed by atoms with Crippen LogP contribution in [0.25, 0.3) is 0 Å². The monoisotopic (exact) mass is 238 g/mol. The summed E-state index contributed by atoms with van der Waals surface area (Å²) >= 11 is 0. The Balaban J connectivity index is 1.76. The highest BCUT2D eigenvalue weighted by atomic mass is 16.3. The number of rotatable bonds is 3. The summed E-state index contributed by atoms with van der Waals surface area (Å²) < 4.78 is 0. The van der Waals surface area contributed by atoms with E-state index in [1.807, 2.05) is 0 Å². The van der Waals surface area contributed by atoms with E-state index in [0.717, 1.165) is 37.6 Å². The highest BCUT2D eigenvalue weighted by Crippen LogP contribution is 2.33. The molecule has 1 fully saturated rings. The highest BCUT2D eigenvalue weighted by molar-refractivity contribution is 5.82. The maximum Gasteiger partial charge on any atom is 0.0964 e.